The molecule has 0 bridgehead atoms. The van der Waals surface area contributed by atoms with Crippen LogP contribution < -0.4 is 0 Å². The van der Waals surface area contributed by atoms with Gasteiger partial charge in [0.15, 0.2) is 0 Å². The van der Waals surface area contributed by atoms with Crippen LogP contribution in [0.25, 0.3) is 0 Å². The summed E-state index contributed by atoms with van der Waals surface area (Å²) in [6.45, 7) is 0. The van der Waals surface area contributed by atoms with Crippen molar-refractivity contribution in [1.82, 2.24) is 4.90 Å². The molecule has 0 heterocycles. The number of carboxylic acids is 1. The molecule has 1 N–H and O–H groups in total. The van der Waals surface area contributed by atoms with E-state index in [1.807, 2.05) is 19.0 Å². The number of esters is 1. The van der Waals surface area contributed by atoms with Crippen molar-refractivity contribution in [1.29, 1.82) is 0 Å². The lowest BCUT2D eigenvalue weighted by Gasteiger charge is -2.00. The number of allylic oxidation sites excluding steroid dienone is 4. The van der Waals surface area contributed by atoms with Gasteiger partial charge in [-0.05, 0) is 18.4 Å². The van der Waals surface area contributed by atoms with E-state index >= 15 is 0 Å². The zero-order chi connectivity index (χ0) is 12.6. The molecule has 0 aliphatic rings. The van der Waals surface area contributed by atoms with Crippen molar-refractivity contribution >= 4 is 11.9 Å². The van der Waals surface area contributed by atoms with Crippen LogP contribution in [-0.2, 0) is 14.3 Å². The molecule has 0 aromatic carbocycles. The highest BCUT2D eigenvalue weighted by atomic mass is 16.5. The van der Waals surface area contributed by atoms with Gasteiger partial charge in [0.1, 0.15) is 5.57 Å². The summed E-state index contributed by atoms with van der Waals surface area (Å²) in [4.78, 5) is 23.5. The van der Waals surface area contributed by atoms with Crippen molar-refractivity contribution in [2.24, 2.45) is 0 Å². The molecule has 0 aliphatic heterocycles. The highest BCUT2D eigenvalue weighted by molar-refractivity contribution is 6.13. The van der Waals surface area contributed by atoms with Crippen molar-refractivity contribution in [2.75, 3.05) is 21.2 Å². The lowest BCUT2D eigenvalue weighted by atomic mass is 10.2. The minimum Gasteiger partial charge on any atom is -0.477 e. The van der Waals surface area contributed by atoms with Crippen LogP contribution in [0.1, 0.15) is 0 Å². The van der Waals surface area contributed by atoms with Crippen molar-refractivity contribution in [3.8, 4) is 0 Å². The first-order valence-electron chi connectivity index (χ1n) is 4.52. The van der Waals surface area contributed by atoms with Crippen LogP contribution in [-0.4, -0.2) is 43.2 Å². The number of nitrogens with zero attached hydrogens (tertiary/aromatic N) is 1. The van der Waals surface area contributed by atoms with Gasteiger partial charge >= 0.3 is 11.9 Å². The second-order valence-electron chi connectivity index (χ2n) is 3.07. The molecular formula is C11H15NO4. The lowest BCUT2D eigenvalue weighted by Crippen LogP contribution is -2.13. The number of carbonyl (C=O) groups is 2. The van der Waals surface area contributed by atoms with Gasteiger partial charge in [-0.25, -0.2) is 9.59 Å². The third kappa shape index (κ3) is 5.64. The predicted molar refractivity (Wildman–Crippen MR) is 59.7 cm³/mol. The summed E-state index contributed by atoms with van der Waals surface area (Å²) >= 11 is 0. The molecule has 5 heteroatoms. The van der Waals surface area contributed by atoms with E-state index in [1.54, 1.807) is 18.4 Å². The van der Waals surface area contributed by atoms with Gasteiger partial charge in [0.05, 0.1) is 7.11 Å². The maximum Gasteiger partial charge on any atom is 0.345 e. The van der Waals surface area contributed by atoms with Crippen LogP contribution in [0.2, 0.25) is 0 Å². The van der Waals surface area contributed by atoms with Gasteiger partial charge in [-0.3, -0.25) is 0 Å². The molecule has 0 atom stereocenters. The number of methoxy groups -OCH3 is 1. The largest absolute Gasteiger partial charge is 0.477 e. The first-order chi connectivity index (χ1) is 7.49. The van der Waals surface area contributed by atoms with Gasteiger partial charge in [0, 0.05) is 14.1 Å². The van der Waals surface area contributed by atoms with E-state index in [2.05, 4.69) is 4.74 Å². The quantitative estimate of drug-likeness (QED) is 0.246. The minimum absolute atomic E-state index is 0.406. The summed E-state index contributed by atoms with van der Waals surface area (Å²) in [5.41, 5.74) is -0.406. The van der Waals surface area contributed by atoms with Crippen LogP contribution in [0.3, 0.4) is 0 Å². The third-order valence-electron chi connectivity index (χ3n) is 1.51. The summed E-state index contributed by atoms with van der Waals surface area (Å²) in [7, 11) is 4.85. The number of carbonyl (C=O) groups excluding carboxylic acids is 1. The summed E-state index contributed by atoms with van der Waals surface area (Å²) in [5.74, 6) is -2.18. The Labute approximate surface area is 94.3 Å². The first kappa shape index (κ1) is 14.0. The molecule has 5 nitrogen and oxygen atoms in total. The standard InChI is InChI=1S/C11H15NO4/c1-12(2)8-6-4-5-7-9(10(13)14)11(15)16-3/h4-8H,1-3H3,(H,13,14). The van der Waals surface area contributed by atoms with Crippen LogP contribution in [0.5, 0.6) is 0 Å². The van der Waals surface area contributed by atoms with E-state index in [4.69, 9.17) is 5.11 Å². The molecule has 0 rings (SSSR count). The van der Waals surface area contributed by atoms with E-state index in [-0.39, 0.29) is 0 Å². The maximum atomic E-state index is 11.0. The third-order valence-corrected chi connectivity index (χ3v) is 1.51. The monoisotopic (exact) mass is 225 g/mol. The normalized spacial score (nSPS) is 12.1. The van der Waals surface area contributed by atoms with E-state index in [9.17, 15) is 9.59 Å². The van der Waals surface area contributed by atoms with Gasteiger partial charge in [0.2, 0.25) is 0 Å². The molecule has 0 fully saturated rings. The highest BCUT2D eigenvalue weighted by Crippen LogP contribution is 1.98. The lowest BCUT2D eigenvalue weighted by molar-refractivity contribution is -0.142. The maximum absolute atomic E-state index is 11.0. The Morgan fingerprint density at radius 3 is 2.25 bits per heavy atom. The Bertz CT molecular complexity index is 340. The minimum atomic E-state index is -1.31. The molecular weight excluding hydrogens is 210 g/mol. The Hall–Kier alpha value is -2.04. The van der Waals surface area contributed by atoms with E-state index in [0.717, 1.165) is 7.11 Å². The van der Waals surface area contributed by atoms with Gasteiger partial charge < -0.3 is 14.7 Å². The molecule has 0 saturated carbocycles. The van der Waals surface area contributed by atoms with Gasteiger partial charge in [-0.15, -0.1) is 0 Å². The highest BCUT2D eigenvalue weighted by Gasteiger charge is 2.16. The molecule has 0 aromatic rings. The molecule has 88 valence electrons. The molecule has 0 aromatic heterocycles. The fourth-order valence-corrected chi connectivity index (χ4v) is 0.774. The number of ether oxygens (including phenoxy) is 1. The molecule has 16 heavy (non-hydrogen) atoms. The average molecular weight is 225 g/mol. The number of aliphatic carboxylic acids is 1. The molecule has 0 unspecified atom stereocenters. The zero-order valence-electron chi connectivity index (χ0n) is 9.51. The predicted octanol–water partition coefficient (Wildman–Crippen LogP) is 0.802. The zero-order valence-corrected chi connectivity index (χ0v) is 9.51. The van der Waals surface area contributed by atoms with Crippen molar-refractivity contribution in [3.63, 3.8) is 0 Å². The molecule has 0 saturated heterocycles. The van der Waals surface area contributed by atoms with Crippen molar-refractivity contribution in [2.45, 2.75) is 0 Å². The molecule has 0 radical (unpaired) electrons. The van der Waals surface area contributed by atoms with Crippen LogP contribution in [0, 0.1) is 0 Å². The van der Waals surface area contributed by atoms with Crippen molar-refractivity contribution in [3.05, 3.63) is 36.1 Å². The second kappa shape index (κ2) is 7.28. The van der Waals surface area contributed by atoms with Crippen LogP contribution in [0.4, 0.5) is 0 Å². The fourth-order valence-electron chi connectivity index (χ4n) is 0.774. The van der Waals surface area contributed by atoms with Crippen molar-refractivity contribution < 1.29 is 19.4 Å². The summed E-state index contributed by atoms with van der Waals surface area (Å²) in [6, 6.07) is 0. The number of hydrogen-bond acceptors (Lipinski definition) is 4. The summed E-state index contributed by atoms with van der Waals surface area (Å²) < 4.78 is 4.32. The van der Waals surface area contributed by atoms with Gasteiger partial charge in [-0.1, -0.05) is 12.2 Å². The summed E-state index contributed by atoms with van der Waals surface area (Å²) in [5, 5.41) is 8.69. The van der Waals surface area contributed by atoms with E-state index in [0.29, 0.717) is 0 Å². The van der Waals surface area contributed by atoms with Crippen LogP contribution in [0.15, 0.2) is 36.1 Å². The van der Waals surface area contributed by atoms with E-state index in [1.165, 1.54) is 12.2 Å². The molecule has 0 spiro atoms. The summed E-state index contributed by atoms with van der Waals surface area (Å²) in [6.07, 6.45) is 7.76. The molecule has 0 aliphatic carbocycles. The van der Waals surface area contributed by atoms with Gasteiger partial charge in [-0.2, -0.15) is 0 Å². The Kier molecular flexibility index (Phi) is 6.35. The Balaban J connectivity index is 4.58. The number of hydrogen-bond donors (Lipinski definition) is 1. The first-order valence-corrected chi connectivity index (χ1v) is 4.52. The fraction of sp³-hybridized carbons (Fsp3) is 0.273. The van der Waals surface area contributed by atoms with Gasteiger partial charge in [0.25, 0.3) is 0 Å². The number of rotatable bonds is 5. The molecule has 0 amide bonds. The average Bonchev–Trinajstić information content (AvgIpc) is 2.21. The topological polar surface area (TPSA) is 66.8 Å². The van der Waals surface area contributed by atoms with Crippen LogP contribution >= 0.6 is 0 Å². The Morgan fingerprint density at radius 1 is 1.19 bits per heavy atom. The SMILES string of the molecule is COC(=O)C(=CC=CC=CN(C)C)C(=O)O. The second-order valence-corrected chi connectivity index (χ2v) is 3.07. The number of carboxylic acid groups (broad SMARTS) is 1. The Morgan fingerprint density at radius 2 is 1.81 bits per heavy atom. The van der Waals surface area contributed by atoms with E-state index < -0.39 is 17.5 Å². The smallest absolute Gasteiger partial charge is 0.345 e.